The Bertz CT molecular complexity index is 1420. The SMILES string of the molecule is O=C(NC1[C@H]2CN(C(=O)c3cccc(Nc4ccccc4)n3)C[C@@H]12)c1cccc(Nc2ccccc2)n1. The summed E-state index contributed by atoms with van der Waals surface area (Å²) in [6.07, 6.45) is 0. The van der Waals surface area contributed by atoms with Gasteiger partial charge in [-0.1, -0.05) is 48.5 Å². The molecule has 8 heteroatoms. The molecule has 184 valence electrons. The maximum atomic E-state index is 13.1. The van der Waals surface area contributed by atoms with Crippen molar-refractivity contribution in [2.75, 3.05) is 23.7 Å². The zero-order valence-electron chi connectivity index (χ0n) is 20.0. The Kier molecular flexibility index (Phi) is 5.98. The Morgan fingerprint density at radius 2 is 1.16 bits per heavy atom. The standard InChI is InChI=1S/C29H26N6O2/c36-28(23-13-7-15-25(32-23)30-19-9-3-1-4-10-19)34-27-21-17-35(18-22(21)27)29(37)24-14-8-16-26(33-24)31-20-11-5-2-6-12-20/h1-16,21-22,27H,17-18H2,(H,30,32)(H,31,33)(H,34,36)/t21-,22+,27?. The minimum Gasteiger partial charge on any atom is -0.347 e. The Balaban J connectivity index is 1.04. The average Bonchev–Trinajstić information content (AvgIpc) is 3.36. The second kappa shape index (κ2) is 9.73. The second-order valence-electron chi connectivity index (χ2n) is 9.34. The van der Waals surface area contributed by atoms with Gasteiger partial charge in [0.05, 0.1) is 0 Å². The van der Waals surface area contributed by atoms with Crippen LogP contribution in [0.3, 0.4) is 0 Å². The number of hydrogen-bond acceptors (Lipinski definition) is 6. The molecule has 6 rings (SSSR count). The lowest BCUT2D eigenvalue weighted by molar-refractivity contribution is 0.0763. The summed E-state index contributed by atoms with van der Waals surface area (Å²) in [5, 5.41) is 9.55. The molecule has 1 aliphatic heterocycles. The summed E-state index contributed by atoms with van der Waals surface area (Å²) in [6, 6.07) is 30.3. The van der Waals surface area contributed by atoms with Crippen molar-refractivity contribution < 1.29 is 9.59 Å². The van der Waals surface area contributed by atoms with Crippen molar-refractivity contribution >= 4 is 34.8 Å². The molecule has 1 unspecified atom stereocenters. The minimum atomic E-state index is -0.199. The number of hydrogen-bond donors (Lipinski definition) is 3. The first-order valence-electron chi connectivity index (χ1n) is 12.3. The molecule has 2 fully saturated rings. The highest BCUT2D eigenvalue weighted by atomic mass is 16.2. The smallest absolute Gasteiger partial charge is 0.272 e. The van der Waals surface area contributed by atoms with Crippen LogP contribution in [0.2, 0.25) is 0 Å². The number of nitrogens with zero attached hydrogens (tertiary/aromatic N) is 3. The van der Waals surface area contributed by atoms with Crippen LogP contribution in [-0.4, -0.2) is 45.8 Å². The molecule has 2 aromatic heterocycles. The summed E-state index contributed by atoms with van der Waals surface area (Å²) in [7, 11) is 0. The first-order chi connectivity index (χ1) is 18.1. The molecular formula is C29H26N6O2. The van der Waals surface area contributed by atoms with E-state index in [1.165, 1.54) is 0 Å². The Morgan fingerprint density at radius 3 is 1.73 bits per heavy atom. The molecule has 2 aromatic carbocycles. The summed E-state index contributed by atoms with van der Waals surface area (Å²) < 4.78 is 0. The van der Waals surface area contributed by atoms with E-state index >= 15 is 0 Å². The summed E-state index contributed by atoms with van der Waals surface area (Å²) in [4.78, 5) is 36.7. The van der Waals surface area contributed by atoms with Crippen LogP contribution in [0.4, 0.5) is 23.0 Å². The van der Waals surface area contributed by atoms with Gasteiger partial charge in [-0.15, -0.1) is 0 Å². The number of para-hydroxylation sites is 2. The fourth-order valence-corrected chi connectivity index (χ4v) is 4.89. The van der Waals surface area contributed by atoms with Gasteiger partial charge < -0.3 is 20.9 Å². The number of piperidine rings is 1. The number of carbonyl (C=O) groups excluding carboxylic acids is 2. The minimum absolute atomic E-state index is 0.0585. The number of aromatic nitrogens is 2. The van der Waals surface area contributed by atoms with Crippen molar-refractivity contribution in [3.63, 3.8) is 0 Å². The van der Waals surface area contributed by atoms with E-state index in [4.69, 9.17) is 0 Å². The molecule has 1 aliphatic carbocycles. The molecule has 37 heavy (non-hydrogen) atoms. The molecule has 3 atom stereocenters. The zero-order chi connectivity index (χ0) is 25.2. The van der Waals surface area contributed by atoms with Crippen LogP contribution in [0, 0.1) is 11.8 Å². The van der Waals surface area contributed by atoms with Crippen molar-refractivity contribution in [1.82, 2.24) is 20.2 Å². The van der Waals surface area contributed by atoms with Crippen LogP contribution in [0.25, 0.3) is 0 Å². The number of likely N-dealkylation sites (tertiary alicyclic amines) is 1. The van der Waals surface area contributed by atoms with E-state index in [1.807, 2.05) is 89.8 Å². The molecule has 1 saturated heterocycles. The molecule has 0 radical (unpaired) electrons. The average molecular weight is 491 g/mol. The quantitative estimate of drug-likeness (QED) is 0.354. The molecule has 3 N–H and O–H groups in total. The third-order valence-electron chi connectivity index (χ3n) is 6.82. The van der Waals surface area contributed by atoms with Crippen molar-refractivity contribution in [3.8, 4) is 0 Å². The zero-order valence-corrected chi connectivity index (χ0v) is 20.0. The first-order valence-corrected chi connectivity index (χ1v) is 12.3. The van der Waals surface area contributed by atoms with Gasteiger partial charge >= 0.3 is 0 Å². The van der Waals surface area contributed by atoms with E-state index in [0.717, 1.165) is 11.4 Å². The molecular weight excluding hydrogens is 464 g/mol. The number of benzene rings is 2. The van der Waals surface area contributed by atoms with E-state index in [9.17, 15) is 9.59 Å². The van der Waals surface area contributed by atoms with Crippen molar-refractivity contribution in [2.24, 2.45) is 11.8 Å². The Labute approximate surface area is 214 Å². The first kappa shape index (κ1) is 22.7. The highest BCUT2D eigenvalue weighted by molar-refractivity contribution is 5.94. The van der Waals surface area contributed by atoms with Gasteiger partial charge in [0.25, 0.3) is 11.8 Å². The number of carbonyl (C=O) groups is 2. The largest absolute Gasteiger partial charge is 0.347 e. The third kappa shape index (κ3) is 4.99. The Morgan fingerprint density at radius 1 is 0.649 bits per heavy atom. The number of fused-ring (bicyclic) bond motifs is 1. The highest BCUT2D eigenvalue weighted by Gasteiger charge is 2.57. The lowest BCUT2D eigenvalue weighted by atomic mass is 10.2. The van der Waals surface area contributed by atoms with Gasteiger partial charge in [-0.25, -0.2) is 9.97 Å². The van der Waals surface area contributed by atoms with Crippen LogP contribution in [0.5, 0.6) is 0 Å². The normalized spacial score (nSPS) is 19.6. The molecule has 1 saturated carbocycles. The third-order valence-corrected chi connectivity index (χ3v) is 6.82. The molecule has 4 aromatic rings. The predicted molar refractivity (Wildman–Crippen MR) is 142 cm³/mol. The lowest BCUT2D eigenvalue weighted by Crippen LogP contribution is -2.38. The van der Waals surface area contributed by atoms with Gasteiger partial charge in [-0.3, -0.25) is 9.59 Å². The van der Waals surface area contributed by atoms with E-state index in [2.05, 4.69) is 25.9 Å². The second-order valence-corrected chi connectivity index (χ2v) is 9.34. The van der Waals surface area contributed by atoms with Gasteiger partial charge in [-0.2, -0.15) is 0 Å². The van der Waals surface area contributed by atoms with Gasteiger partial charge in [0, 0.05) is 42.3 Å². The number of amides is 2. The van der Waals surface area contributed by atoms with Gasteiger partial charge in [0.2, 0.25) is 0 Å². The van der Waals surface area contributed by atoms with E-state index < -0.39 is 0 Å². The summed E-state index contributed by atoms with van der Waals surface area (Å²) >= 11 is 0. The fraction of sp³-hybridized carbons (Fsp3) is 0.172. The monoisotopic (exact) mass is 490 g/mol. The van der Waals surface area contributed by atoms with Gasteiger partial charge in [0.15, 0.2) is 0 Å². The summed E-state index contributed by atoms with van der Waals surface area (Å²) in [5.74, 6) is 1.46. The molecule has 2 aliphatic rings. The summed E-state index contributed by atoms with van der Waals surface area (Å²) in [5.41, 5.74) is 2.60. The molecule has 0 spiro atoms. The van der Waals surface area contributed by atoms with Crippen molar-refractivity contribution in [3.05, 3.63) is 108 Å². The van der Waals surface area contributed by atoms with Crippen LogP contribution in [0.1, 0.15) is 21.0 Å². The predicted octanol–water partition coefficient (Wildman–Crippen LogP) is 4.46. The topological polar surface area (TPSA) is 99.3 Å². The van der Waals surface area contributed by atoms with Crippen LogP contribution < -0.4 is 16.0 Å². The number of nitrogens with one attached hydrogen (secondary N) is 3. The lowest BCUT2D eigenvalue weighted by Gasteiger charge is -2.20. The number of pyridine rings is 2. The maximum Gasteiger partial charge on any atom is 0.272 e. The fourth-order valence-electron chi connectivity index (χ4n) is 4.89. The number of anilines is 4. The van der Waals surface area contributed by atoms with E-state index in [1.54, 1.807) is 12.1 Å². The van der Waals surface area contributed by atoms with Gasteiger partial charge in [0.1, 0.15) is 23.0 Å². The van der Waals surface area contributed by atoms with Crippen molar-refractivity contribution in [1.29, 1.82) is 0 Å². The molecule has 0 bridgehead atoms. The Hall–Kier alpha value is -4.72. The molecule has 3 heterocycles. The summed E-state index contributed by atoms with van der Waals surface area (Å²) in [6.45, 7) is 1.21. The van der Waals surface area contributed by atoms with Crippen LogP contribution in [0.15, 0.2) is 97.1 Å². The maximum absolute atomic E-state index is 13.1. The van der Waals surface area contributed by atoms with Crippen LogP contribution in [-0.2, 0) is 0 Å². The highest BCUT2D eigenvalue weighted by Crippen LogP contribution is 2.46. The molecule has 8 nitrogen and oxygen atoms in total. The van der Waals surface area contributed by atoms with E-state index in [0.29, 0.717) is 36.1 Å². The molecule has 2 amide bonds. The number of rotatable bonds is 7. The van der Waals surface area contributed by atoms with Crippen molar-refractivity contribution in [2.45, 2.75) is 6.04 Å². The van der Waals surface area contributed by atoms with Gasteiger partial charge in [-0.05, 0) is 48.5 Å². The van der Waals surface area contributed by atoms with E-state index in [-0.39, 0.29) is 29.7 Å². The van der Waals surface area contributed by atoms with Crippen LogP contribution >= 0.6 is 0 Å².